The number of rotatable bonds is 2. The molecule has 0 aliphatic carbocycles. The fraction of sp³-hybridized carbons (Fsp3) is 0.294. The summed E-state index contributed by atoms with van der Waals surface area (Å²) in [5, 5.41) is 9.24. The normalized spacial score (nSPS) is 20.7. The molecule has 1 amide bonds. The van der Waals surface area contributed by atoms with E-state index in [2.05, 4.69) is 11.9 Å². The highest BCUT2D eigenvalue weighted by Gasteiger charge is 2.35. The summed E-state index contributed by atoms with van der Waals surface area (Å²) >= 11 is 5.78. The van der Waals surface area contributed by atoms with Crippen molar-refractivity contribution in [3.05, 3.63) is 58.6 Å². The van der Waals surface area contributed by atoms with Crippen LogP contribution in [0.25, 0.3) is 0 Å². The minimum atomic E-state index is -0.897. The lowest BCUT2D eigenvalue weighted by atomic mass is 10.0. The summed E-state index contributed by atoms with van der Waals surface area (Å²) in [4.78, 5) is 18.6. The second kappa shape index (κ2) is 6.16. The monoisotopic (exact) mass is 334 g/mol. The van der Waals surface area contributed by atoms with Crippen molar-refractivity contribution in [1.82, 2.24) is 9.88 Å². The topological polar surface area (TPSA) is 53.4 Å². The van der Waals surface area contributed by atoms with Gasteiger partial charge in [0.05, 0.1) is 11.1 Å². The minimum absolute atomic E-state index is 0.0955. The number of nitrogens with zero attached hydrogens (tertiary/aromatic N) is 2. The van der Waals surface area contributed by atoms with Gasteiger partial charge in [-0.15, -0.1) is 0 Å². The minimum Gasteiger partial charge on any atom is -0.504 e. The molecule has 120 valence electrons. The third-order valence-electron chi connectivity index (χ3n) is 4.10. The molecule has 1 fully saturated rings. The third-order valence-corrected chi connectivity index (χ3v) is 4.39. The van der Waals surface area contributed by atoms with Crippen molar-refractivity contribution in [3.8, 4) is 5.75 Å². The molecule has 1 aliphatic rings. The van der Waals surface area contributed by atoms with E-state index in [4.69, 9.17) is 11.6 Å². The Morgan fingerprint density at radius 2 is 2.26 bits per heavy atom. The van der Waals surface area contributed by atoms with E-state index in [-0.39, 0.29) is 22.5 Å². The van der Waals surface area contributed by atoms with Gasteiger partial charge in [0.1, 0.15) is 0 Å². The van der Waals surface area contributed by atoms with Crippen LogP contribution in [0.1, 0.15) is 35.3 Å². The summed E-state index contributed by atoms with van der Waals surface area (Å²) in [5.74, 6) is -1.50. The number of phenols is 1. The molecule has 1 aromatic carbocycles. The molecule has 2 aromatic rings. The van der Waals surface area contributed by atoms with Crippen molar-refractivity contribution in [1.29, 1.82) is 0 Å². The Bertz CT molecular complexity index is 716. The van der Waals surface area contributed by atoms with Gasteiger partial charge < -0.3 is 10.0 Å². The zero-order chi connectivity index (χ0) is 16.6. The average molecular weight is 335 g/mol. The number of pyridine rings is 1. The van der Waals surface area contributed by atoms with Crippen LogP contribution < -0.4 is 0 Å². The van der Waals surface area contributed by atoms with Crippen LogP contribution in [-0.4, -0.2) is 27.4 Å². The first-order valence-corrected chi connectivity index (χ1v) is 7.74. The summed E-state index contributed by atoms with van der Waals surface area (Å²) in [6.45, 7) is 2.65. The van der Waals surface area contributed by atoms with Gasteiger partial charge in [0.25, 0.3) is 5.91 Å². The number of aromatic nitrogens is 1. The standard InChI is InChI=1S/C17H16ClFN2O2/c1-10-5-15(11-3-2-4-20-8-11)21(9-10)17(23)12-6-13(18)16(22)14(19)7-12/h2-4,6-8,10,15,22H,5,9H2,1H3. The van der Waals surface area contributed by atoms with Gasteiger partial charge in [-0.2, -0.15) is 0 Å². The van der Waals surface area contributed by atoms with E-state index in [1.807, 2.05) is 12.1 Å². The van der Waals surface area contributed by atoms with E-state index >= 15 is 0 Å². The Morgan fingerprint density at radius 1 is 1.48 bits per heavy atom. The van der Waals surface area contributed by atoms with Crippen molar-refractivity contribution < 1.29 is 14.3 Å². The van der Waals surface area contributed by atoms with E-state index in [1.165, 1.54) is 6.07 Å². The maximum absolute atomic E-state index is 13.7. The molecule has 0 radical (unpaired) electrons. The molecular weight excluding hydrogens is 319 g/mol. The zero-order valence-electron chi connectivity index (χ0n) is 12.5. The summed E-state index contributed by atoms with van der Waals surface area (Å²) in [5.41, 5.74) is 1.09. The molecule has 2 atom stereocenters. The van der Waals surface area contributed by atoms with Crippen molar-refractivity contribution in [2.24, 2.45) is 5.92 Å². The lowest BCUT2D eigenvalue weighted by Crippen LogP contribution is -2.31. The Kier molecular flexibility index (Phi) is 4.22. The number of benzene rings is 1. The van der Waals surface area contributed by atoms with Crippen molar-refractivity contribution in [3.63, 3.8) is 0 Å². The van der Waals surface area contributed by atoms with Crippen molar-refractivity contribution in [2.45, 2.75) is 19.4 Å². The highest BCUT2D eigenvalue weighted by molar-refractivity contribution is 6.32. The van der Waals surface area contributed by atoms with E-state index in [1.54, 1.807) is 17.3 Å². The SMILES string of the molecule is CC1CC(c2cccnc2)N(C(=O)c2cc(F)c(O)c(Cl)c2)C1. The molecule has 0 bridgehead atoms. The second-order valence-electron chi connectivity index (χ2n) is 5.89. The first kappa shape index (κ1) is 15.7. The van der Waals surface area contributed by atoms with Gasteiger partial charge in [0.2, 0.25) is 0 Å². The number of hydrogen-bond acceptors (Lipinski definition) is 3. The number of amides is 1. The Hall–Kier alpha value is -2.14. The lowest BCUT2D eigenvalue weighted by Gasteiger charge is -2.25. The van der Waals surface area contributed by atoms with Crippen molar-refractivity contribution >= 4 is 17.5 Å². The predicted octanol–water partition coefficient (Wildman–Crippen LogP) is 3.80. The molecule has 1 N–H and O–H groups in total. The van der Waals surface area contributed by atoms with Crippen LogP contribution in [0.15, 0.2) is 36.7 Å². The number of phenolic OH excluding ortho intramolecular Hbond substituents is 1. The molecule has 1 aliphatic heterocycles. The summed E-state index contributed by atoms with van der Waals surface area (Å²) in [7, 11) is 0. The Morgan fingerprint density at radius 3 is 2.91 bits per heavy atom. The number of carbonyl (C=O) groups is 1. The number of carbonyl (C=O) groups excluding carboxylic acids is 1. The lowest BCUT2D eigenvalue weighted by molar-refractivity contribution is 0.0731. The van der Waals surface area contributed by atoms with E-state index in [0.717, 1.165) is 18.1 Å². The van der Waals surface area contributed by atoms with Crippen LogP contribution in [0.5, 0.6) is 5.75 Å². The molecule has 23 heavy (non-hydrogen) atoms. The third kappa shape index (κ3) is 3.01. The van der Waals surface area contributed by atoms with Gasteiger partial charge in [0, 0.05) is 24.5 Å². The molecule has 1 aromatic heterocycles. The van der Waals surface area contributed by atoms with Crippen LogP contribution in [-0.2, 0) is 0 Å². The number of likely N-dealkylation sites (tertiary alicyclic amines) is 1. The summed E-state index contributed by atoms with van der Waals surface area (Å²) < 4.78 is 13.7. The quantitative estimate of drug-likeness (QED) is 0.908. The van der Waals surface area contributed by atoms with Crippen LogP contribution in [0, 0.1) is 11.7 Å². The van der Waals surface area contributed by atoms with Crippen molar-refractivity contribution in [2.75, 3.05) is 6.54 Å². The fourth-order valence-corrected chi connectivity index (χ4v) is 3.22. The Balaban J connectivity index is 1.94. The van der Waals surface area contributed by atoms with Crippen LogP contribution >= 0.6 is 11.6 Å². The Labute approximate surface area is 138 Å². The number of halogens is 2. The first-order valence-electron chi connectivity index (χ1n) is 7.36. The number of hydrogen-bond donors (Lipinski definition) is 1. The molecule has 1 saturated heterocycles. The van der Waals surface area contributed by atoms with Gasteiger partial charge >= 0.3 is 0 Å². The van der Waals surface area contributed by atoms with Gasteiger partial charge in [-0.1, -0.05) is 24.6 Å². The van der Waals surface area contributed by atoms with Gasteiger partial charge in [-0.3, -0.25) is 9.78 Å². The molecule has 0 saturated carbocycles. The maximum Gasteiger partial charge on any atom is 0.254 e. The largest absolute Gasteiger partial charge is 0.504 e. The fourth-order valence-electron chi connectivity index (χ4n) is 3.01. The maximum atomic E-state index is 13.7. The molecule has 3 rings (SSSR count). The molecule has 2 unspecified atom stereocenters. The molecular formula is C17H16ClFN2O2. The number of aromatic hydroxyl groups is 1. The average Bonchev–Trinajstić information content (AvgIpc) is 2.94. The zero-order valence-corrected chi connectivity index (χ0v) is 13.3. The first-order chi connectivity index (χ1) is 11.0. The van der Waals surface area contributed by atoms with Crippen LogP contribution in [0.4, 0.5) is 4.39 Å². The molecule has 6 heteroatoms. The second-order valence-corrected chi connectivity index (χ2v) is 6.30. The van der Waals surface area contributed by atoms with Gasteiger partial charge in [0.15, 0.2) is 11.6 Å². The highest BCUT2D eigenvalue weighted by atomic mass is 35.5. The molecule has 4 nitrogen and oxygen atoms in total. The summed E-state index contributed by atoms with van der Waals surface area (Å²) in [6, 6.07) is 5.98. The van der Waals surface area contributed by atoms with Gasteiger partial charge in [-0.25, -0.2) is 4.39 Å². The van der Waals surface area contributed by atoms with E-state index in [0.29, 0.717) is 12.5 Å². The summed E-state index contributed by atoms with van der Waals surface area (Å²) in [6.07, 6.45) is 4.25. The van der Waals surface area contributed by atoms with Gasteiger partial charge in [-0.05, 0) is 36.1 Å². The smallest absolute Gasteiger partial charge is 0.254 e. The molecule has 2 heterocycles. The molecule has 0 spiro atoms. The van der Waals surface area contributed by atoms with Crippen LogP contribution in [0.2, 0.25) is 5.02 Å². The predicted molar refractivity (Wildman–Crippen MR) is 84.9 cm³/mol. The van der Waals surface area contributed by atoms with Crippen LogP contribution in [0.3, 0.4) is 0 Å². The van der Waals surface area contributed by atoms with E-state index < -0.39 is 11.6 Å². The highest BCUT2D eigenvalue weighted by Crippen LogP contribution is 2.37. The van der Waals surface area contributed by atoms with E-state index in [9.17, 15) is 14.3 Å².